The second-order valence-electron chi connectivity index (χ2n) is 5.09. The molecule has 1 aromatic carbocycles. The van der Waals surface area contributed by atoms with Gasteiger partial charge in [-0.15, -0.1) is 0 Å². The van der Waals surface area contributed by atoms with Gasteiger partial charge in [0, 0.05) is 13.0 Å². The van der Waals surface area contributed by atoms with Crippen LogP contribution in [0.2, 0.25) is 0 Å². The molecule has 20 heavy (non-hydrogen) atoms. The highest BCUT2D eigenvalue weighted by atomic mass is 19.4. The molecular weight excluding hydrogens is 274 g/mol. The first-order valence-corrected chi connectivity index (χ1v) is 6.44. The summed E-state index contributed by atoms with van der Waals surface area (Å²) in [6.07, 6.45) is -3.78. The summed E-state index contributed by atoms with van der Waals surface area (Å²) in [5.41, 5.74) is 0.648. The summed E-state index contributed by atoms with van der Waals surface area (Å²) in [7, 11) is 0. The number of hydrogen-bond acceptors (Lipinski definition) is 1. The van der Waals surface area contributed by atoms with Crippen LogP contribution in [0.1, 0.15) is 24.8 Å². The van der Waals surface area contributed by atoms with Gasteiger partial charge in [0.05, 0.1) is 5.92 Å². The molecule has 110 valence electrons. The molecule has 6 heteroatoms. The molecular formula is C14H15F4NO. The molecule has 1 saturated carbocycles. The summed E-state index contributed by atoms with van der Waals surface area (Å²) in [4.78, 5) is 11.6. The molecule has 2 nitrogen and oxygen atoms in total. The molecule has 0 spiro atoms. The van der Waals surface area contributed by atoms with Crippen molar-refractivity contribution >= 4 is 5.91 Å². The van der Waals surface area contributed by atoms with Gasteiger partial charge in [-0.3, -0.25) is 4.79 Å². The fourth-order valence-electron chi connectivity index (χ4n) is 2.12. The first-order chi connectivity index (χ1) is 9.36. The molecule has 1 aromatic rings. The molecule has 1 atom stereocenters. The Kier molecular flexibility index (Phi) is 4.30. The summed E-state index contributed by atoms with van der Waals surface area (Å²) in [5, 5.41) is 2.44. The van der Waals surface area contributed by atoms with Crippen molar-refractivity contribution in [1.82, 2.24) is 5.32 Å². The molecule has 0 heterocycles. The lowest BCUT2D eigenvalue weighted by atomic mass is 9.98. The second kappa shape index (κ2) is 5.81. The Balaban J connectivity index is 1.84. The van der Waals surface area contributed by atoms with Crippen molar-refractivity contribution in [3.8, 4) is 0 Å². The number of carbonyl (C=O) groups excluding carboxylic acids is 1. The molecule has 0 bridgehead atoms. The average molecular weight is 289 g/mol. The van der Waals surface area contributed by atoms with Gasteiger partial charge in [0.25, 0.3) is 0 Å². The minimum Gasteiger partial charge on any atom is -0.352 e. The van der Waals surface area contributed by atoms with Crippen molar-refractivity contribution in [2.75, 3.05) is 0 Å². The Labute approximate surface area is 114 Å². The SMILES string of the molecule is O=C(C[C@@H](C1CC1)C(F)(F)F)NCc1ccc(F)cc1. The Morgan fingerprint density at radius 1 is 1.25 bits per heavy atom. The summed E-state index contributed by atoms with van der Waals surface area (Å²) >= 11 is 0. The third-order valence-corrected chi connectivity index (χ3v) is 3.42. The monoisotopic (exact) mass is 289 g/mol. The van der Waals surface area contributed by atoms with Gasteiger partial charge in [-0.1, -0.05) is 12.1 Å². The molecule has 1 N–H and O–H groups in total. The van der Waals surface area contributed by atoms with Crippen LogP contribution >= 0.6 is 0 Å². The highest BCUT2D eigenvalue weighted by Gasteiger charge is 2.49. The van der Waals surface area contributed by atoms with Crippen LogP contribution in [0.4, 0.5) is 17.6 Å². The predicted octanol–water partition coefficient (Wildman–Crippen LogP) is 3.42. The maximum Gasteiger partial charge on any atom is 0.392 e. The lowest BCUT2D eigenvalue weighted by Gasteiger charge is -2.19. The maximum absolute atomic E-state index is 12.8. The van der Waals surface area contributed by atoms with Gasteiger partial charge in [0.2, 0.25) is 5.91 Å². The first-order valence-electron chi connectivity index (χ1n) is 6.44. The molecule has 0 radical (unpaired) electrons. The average Bonchev–Trinajstić information content (AvgIpc) is 3.18. The zero-order chi connectivity index (χ0) is 14.8. The molecule has 1 aliphatic rings. The van der Waals surface area contributed by atoms with Crippen LogP contribution in [0.3, 0.4) is 0 Å². The van der Waals surface area contributed by atoms with Crippen LogP contribution in [-0.2, 0) is 11.3 Å². The van der Waals surface area contributed by atoms with Gasteiger partial charge < -0.3 is 5.32 Å². The van der Waals surface area contributed by atoms with Crippen LogP contribution in [-0.4, -0.2) is 12.1 Å². The molecule has 0 aliphatic heterocycles. The van der Waals surface area contributed by atoms with Crippen molar-refractivity contribution in [1.29, 1.82) is 0 Å². The normalized spacial score (nSPS) is 16.8. The number of benzene rings is 1. The minimum absolute atomic E-state index is 0.106. The maximum atomic E-state index is 12.8. The van der Waals surface area contributed by atoms with Crippen molar-refractivity contribution in [3.05, 3.63) is 35.6 Å². The van der Waals surface area contributed by atoms with Crippen molar-refractivity contribution in [2.24, 2.45) is 11.8 Å². The molecule has 0 aromatic heterocycles. The van der Waals surface area contributed by atoms with E-state index in [1.165, 1.54) is 24.3 Å². The van der Waals surface area contributed by atoms with Crippen molar-refractivity contribution in [2.45, 2.75) is 32.0 Å². The van der Waals surface area contributed by atoms with E-state index >= 15 is 0 Å². The molecule has 1 aliphatic carbocycles. The summed E-state index contributed by atoms with van der Waals surface area (Å²) < 4.78 is 50.9. The quantitative estimate of drug-likeness (QED) is 0.827. The van der Waals surface area contributed by atoms with Crippen molar-refractivity contribution < 1.29 is 22.4 Å². The van der Waals surface area contributed by atoms with Crippen LogP contribution < -0.4 is 5.32 Å². The highest BCUT2D eigenvalue weighted by Crippen LogP contribution is 2.46. The number of hydrogen-bond donors (Lipinski definition) is 1. The standard InChI is InChI=1S/C14H15F4NO/c15-11-5-1-9(2-6-11)8-19-13(20)7-12(10-3-4-10)14(16,17)18/h1-2,5-6,10,12H,3-4,7-8H2,(H,19,20)/t12-/m0/s1. The third kappa shape index (κ3) is 4.21. The van der Waals surface area contributed by atoms with Crippen LogP contribution in [0.5, 0.6) is 0 Å². The fraction of sp³-hybridized carbons (Fsp3) is 0.500. The van der Waals surface area contributed by atoms with Gasteiger partial charge in [0.15, 0.2) is 0 Å². The number of carbonyl (C=O) groups is 1. The zero-order valence-corrected chi connectivity index (χ0v) is 10.7. The van der Waals surface area contributed by atoms with E-state index in [0.29, 0.717) is 18.4 Å². The van der Waals surface area contributed by atoms with E-state index in [9.17, 15) is 22.4 Å². The topological polar surface area (TPSA) is 29.1 Å². The number of nitrogens with one attached hydrogen (secondary N) is 1. The summed E-state index contributed by atoms with van der Waals surface area (Å²) in [6.45, 7) is 0.106. The molecule has 0 saturated heterocycles. The fourth-order valence-corrected chi connectivity index (χ4v) is 2.12. The molecule has 2 rings (SSSR count). The van der Waals surface area contributed by atoms with Gasteiger partial charge in [0.1, 0.15) is 5.82 Å². The van der Waals surface area contributed by atoms with E-state index in [1.807, 2.05) is 0 Å². The van der Waals surface area contributed by atoms with Crippen LogP contribution in [0.15, 0.2) is 24.3 Å². The van der Waals surface area contributed by atoms with Gasteiger partial charge in [-0.2, -0.15) is 13.2 Å². The Morgan fingerprint density at radius 3 is 2.35 bits per heavy atom. The van der Waals surface area contributed by atoms with E-state index in [1.54, 1.807) is 0 Å². The van der Waals surface area contributed by atoms with Crippen LogP contribution in [0, 0.1) is 17.7 Å². The van der Waals surface area contributed by atoms with E-state index < -0.39 is 36.2 Å². The summed E-state index contributed by atoms with van der Waals surface area (Å²) in [6, 6.07) is 5.45. The molecule has 0 unspecified atom stereocenters. The van der Waals surface area contributed by atoms with E-state index in [0.717, 1.165) is 0 Å². The largest absolute Gasteiger partial charge is 0.392 e. The Morgan fingerprint density at radius 2 is 1.85 bits per heavy atom. The summed E-state index contributed by atoms with van der Waals surface area (Å²) in [5.74, 6) is -2.98. The molecule has 1 fully saturated rings. The molecule has 1 amide bonds. The highest BCUT2D eigenvalue weighted by molar-refractivity contribution is 5.76. The van der Waals surface area contributed by atoms with Gasteiger partial charge in [-0.25, -0.2) is 4.39 Å². The lowest BCUT2D eigenvalue weighted by Crippen LogP contribution is -2.32. The Bertz CT molecular complexity index is 465. The van der Waals surface area contributed by atoms with Crippen molar-refractivity contribution in [3.63, 3.8) is 0 Å². The van der Waals surface area contributed by atoms with E-state index in [2.05, 4.69) is 5.32 Å². The number of alkyl halides is 3. The van der Waals surface area contributed by atoms with E-state index in [-0.39, 0.29) is 6.54 Å². The number of amides is 1. The zero-order valence-electron chi connectivity index (χ0n) is 10.7. The van der Waals surface area contributed by atoms with E-state index in [4.69, 9.17) is 0 Å². The lowest BCUT2D eigenvalue weighted by molar-refractivity contribution is -0.184. The Hall–Kier alpha value is -1.59. The third-order valence-electron chi connectivity index (χ3n) is 3.42. The first kappa shape index (κ1) is 14.8. The number of rotatable bonds is 5. The van der Waals surface area contributed by atoms with Gasteiger partial charge >= 0.3 is 6.18 Å². The minimum atomic E-state index is -4.33. The van der Waals surface area contributed by atoms with Gasteiger partial charge in [-0.05, 0) is 36.5 Å². The van der Waals surface area contributed by atoms with Crippen LogP contribution in [0.25, 0.3) is 0 Å². The number of halogens is 4. The smallest absolute Gasteiger partial charge is 0.352 e. The predicted molar refractivity (Wildman–Crippen MR) is 65.1 cm³/mol. The second-order valence-corrected chi connectivity index (χ2v) is 5.09.